The Morgan fingerprint density at radius 2 is 1.83 bits per heavy atom. The van der Waals surface area contributed by atoms with Gasteiger partial charge in [0.05, 0.1) is 6.54 Å². The molecule has 0 heterocycles. The number of nitrogens with one attached hydrogen (secondary N) is 1. The van der Waals surface area contributed by atoms with E-state index in [2.05, 4.69) is 37.4 Å². The van der Waals surface area contributed by atoms with E-state index in [1.54, 1.807) is 12.1 Å². The summed E-state index contributed by atoms with van der Waals surface area (Å²) in [5.74, 6) is -0.236. The number of nitrogens with zero attached hydrogens (tertiary/aromatic N) is 1. The van der Waals surface area contributed by atoms with Gasteiger partial charge in [0, 0.05) is 13.1 Å². The summed E-state index contributed by atoms with van der Waals surface area (Å²) < 4.78 is 12.8. The molecule has 4 heteroatoms. The molecule has 2 aromatic carbocycles. The van der Waals surface area contributed by atoms with Gasteiger partial charge in [-0.2, -0.15) is 0 Å². The van der Waals surface area contributed by atoms with Crippen LogP contribution in [-0.2, 0) is 17.8 Å². The van der Waals surface area contributed by atoms with Gasteiger partial charge in [0.1, 0.15) is 5.82 Å². The Hall–Kier alpha value is -2.20. The van der Waals surface area contributed by atoms with Crippen LogP contribution in [-0.4, -0.2) is 30.9 Å². The first-order valence-corrected chi connectivity index (χ1v) is 8.20. The summed E-state index contributed by atoms with van der Waals surface area (Å²) in [6, 6.07) is 12.7. The fourth-order valence-corrected chi connectivity index (χ4v) is 2.67. The number of rotatable bonds is 7. The highest BCUT2D eigenvalue weighted by atomic mass is 19.1. The molecule has 0 aromatic heterocycles. The van der Waals surface area contributed by atoms with Crippen LogP contribution in [0.25, 0.3) is 0 Å². The van der Waals surface area contributed by atoms with Gasteiger partial charge >= 0.3 is 0 Å². The van der Waals surface area contributed by atoms with Crippen LogP contribution in [0.1, 0.15) is 22.3 Å². The van der Waals surface area contributed by atoms with Crippen molar-refractivity contribution in [1.29, 1.82) is 0 Å². The molecule has 0 spiro atoms. The van der Waals surface area contributed by atoms with E-state index in [0.717, 1.165) is 12.1 Å². The van der Waals surface area contributed by atoms with Crippen molar-refractivity contribution in [2.45, 2.75) is 26.8 Å². The van der Waals surface area contributed by atoms with Crippen molar-refractivity contribution in [3.8, 4) is 0 Å². The molecule has 0 unspecified atom stereocenters. The maximum atomic E-state index is 12.8. The van der Waals surface area contributed by atoms with Crippen LogP contribution in [0.2, 0.25) is 0 Å². The zero-order valence-electron chi connectivity index (χ0n) is 14.6. The summed E-state index contributed by atoms with van der Waals surface area (Å²) in [6.45, 7) is 5.84. The van der Waals surface area contributed by atoms with Crippen LogP contribution in [0.4, 0.5) is 4.39 Å². The Morgan fingerprint density at radius 3 is 2.50 bits per heavy atom. The molecule has 24 heavy (non-hydrogen) atoms. The Labute approximate surface area is 143 Å². The van der Waals surface area contributed by atoms with Gasteiger partial charge in [-0.15, -0.1) is 0 Å². The van der Waals surface area contributed by atoms with Crippen molar-refractivity contribution >= 4 is 5.91 Å². The molecule has 0 aliphatic heterocycles. The second kappa shape index (κ2) is 8.60. The SMILES string of the molecule is Cc1ccc(CN(C)CC(=O)NCCc2ccc(F)cc2)c(C)c1. The van der Waals surface area contributed by atoms with Crippen molar-refractivity contribution < 1.29 is 9.18 Å². The lowest BCUT2D eigenvalue weighted by Crippen LogP contribution is -2.35. The molecule has 0 saturated heterocycles. The molecule has 128 valence electrons. The molecule has 3 nitrogen and oxygen atoms in total. The number of hydrogen-bond acceptors (Lipinski definition) is 2. The Bertz CT molecular complexity index is 683. The van der Waals surface area contributed by atoms with Crippen LogP contribution >= 0.6 is 0 Å². The summed E-state index contributed by atoms with van der Waals surface area (Å²) in [6.07, 6.45) is 0.701. The van der Waals surface area contributed by atoms with Crippen molar-refractivity contribution in [1.82, 2.24) is 10.2 Å². The van der Waals surface area contributed by atoms with E-state index in [9.17, 15) is 9.18 Å². The van der Waals surface area contributed by atoms with E-state index in [1.165, 1.54) is 28.8 Å². The minimum Gasteiger partial charge on any atom is -0.355 e. The van der Waals surface area contributed by atoms with Gasteiger partial charge in [0.25, 0.3) is 0 Å². The first-order chi connectivity index (χ1) is 11.4. The Balaban J connectivity index is 1.74. The third-order valence-electron chi connectivity index (χ3n) is 4.00. The van der Waals surface area contributed by atoms with Crippen LogP contribution < -0.4 is 5.32 Å². The van der Waals surface area contributed by atoms with Gasteiger partial charge in [0.15, 0.2) is 0 Å². The number of carbonyl (C=O) groups excluding carboxylic acids is 1. The lowest BCUT2D eigenvalue weighted by atomic mass is 10.1. The van der Waals surface area contributed by atoms with Crippen LogP contribution in [0.15, 0.2) is 42.5 Å². The maximum Gasteiger partial charge on any atom is 0.234 e. The maximum absolute atomic E-state index is 12.8. The quantitative estimate of drug-likeness (QED) is 0.846. The zero-order chi connectivity index (χ0) is 17.5. The summed E-state index contributed by atoms with van der Waals surface area (Å²) in [4.78, 5) is 14.0. The molecule has 0 saturated carbocycles. The van der Waals surface area contributed by atoms with Gasteiger partial charge in [-0.1, -0.05) is 35.9 Å². The van der Waals surface area contributed by atoms with E-state index in [1.807, 2.05) is 11.9 Å². The predicted molar refractivity (Wildman–Crippen MR) is 95.4 cm³/mol. The first-order valence-electron chi connectivity index (χ1n) is 8.20. The van der Waals surface area contributed by atoms with E-state index in [0.29, 0.717) is 19.5 Å². The number of hydrogen-bond donors (Lipinski definition) is 1. The van der Waals surface area contributed by atoms with E-state index in [-0.39, 0.29) is 11.7 Å². The van der Waals surface area contributed by atoms with Crippen molar-refractivity contribution in [2.75, 3.05) is 20.1 Å². The minimum absolute atomic E-state index is 0.00405. The first kappa shape index (κ1) is 18.1. The summed E-state index contributed by atoms with van der Waals surface area (Å²) in [5.41, 5.74) is 4.75. The zero-order valence-corrected chi connectivity index (χ0v) is 14.6. The minimum atomic E-state index is -0.240. The number of aryl methyl sites for hydroxylation is 2. The fraction of sp³-hybridized carbons (Fsp3) is 0.350. The van der Waals surface area contributed by atoms with E-state index < -0.39 is 0 Å². The number of benzene rings is 2. The van der Waals surface area contributed by atoms with Gasteiger partial charge in [-0.05, 0) is 56.1 Å². The lowest BCUT2D eigenvalue weighted by molar-refractivity contribution is -0.122. The smallest absolute Gasteiger partial charge is 0.234 e. The van der Waals surface area contributed by atoms with E-state index in [4.69, 9.17) is 0 Å². The average molecular weight is 328 g/mol. The predicted octanol–water partition coefficient (Wildman–Crippen LogP) is 3.23. The van der Waals surface area contributed by atoms with Gasteiger partial charge in [-0.25, -0.2) is 4.39 Å². The van der Waals surface area contributed by atoms with Crippen LogP contribution in [0, 0.1) is 19.7 Å². The largest absolute Gasteiger partial charge is 0.355 e. The normalized spacial score (nSPS) is 10.9. The van der Waals surface area contributed by atoms with Gasteiger partial charge < -0.3 is 5.32 Å². The number of halogens is 1. The second-order valence-corrected chi connectivity index (χ2v) is 6.33. The molecule has 0 aliphatic rings. The average Bonchev–Trinajstić information content (AvgIpc) is 2.52. The molecular formula is C20H25FN2O. The monoisotopic (exact) mass is 328 g/mol. The molecule has 2 aromatic rings. The topological polar surface area (TPSA) is 32.3 Å². The van der Waals surface area contributed by atoms with Gasteiger partial charge in [0.2, 0.25) is 5.91 Å². The molecule has 0 fully saturated rings. The molecule has 0 aliphatic carbocycles. The highest BCUT2D eigenvalue weighted by Gasteiger charge is 2.08. The van der Waals surface area contributed by atoms with Crippen LogP contribution in [0.5, 0.6) is 0 Å². The number of amides is 1. The standard InChI is InChI=1S/C20H25FN2O/c1-15-4-7-18(16(2)12-15)13-23(3)14-20(24)22-11-10-17-5-8-19(21)9-6-17/h4-9,12H,10-11,13-14H2,1-3H3,(H,22,24). The fourth-order valence-electron chi connectivity index (χ4n) is 2.67. The van der Waals surface area contributed by atoms with Crippen LogP contribution in [0.3, 0.4) is 0 Å². The molecule has 1 N–H and O–H groups in total. The van der Waals surface area contributed by atoms with Crippen molar-refractivity contribution in [3.05, 3.63) is 70.5 Å². The number of carbonyl (C=O) groups is 1. The molecule has 0 atom stereocenters. The summed E-state index contributed by atoms with van der Waals surface area (Å²) in [5, 5.41) is 2.91. The van der Waals surface area contributed by atoms with E-state index >= 15 is 0 Å². The van der Waals surface area contributed by atoms with Crippen molar-refractivity contribution in [3.63, 3.8) is 0 Å². The molecule has 1 amide bonds. The molecular weight excluding hydrogens is 303 g/mol. The van der Waals surface area contributed by atoms with Gasteiger partial charge in [-0.3, -0.25) is 9.69 Å². The lowest BCUT2D eigenvalue weighted by Gasteiger charge is -2.18. The summed E-state index contributed by atoms with van der Waals surface area (Å²) in [7, 11) is 1.94. The molecule has 0 bridgehead atoms. The second-order valence-electron chi connectivity index (χ2n) is 6.33. The molecule has 0 radical (unpaired) electrons. The van der Waals surface area contributed by atoms with Crippen molar-refractivity contribution in [2.24, 2.45) is 0 Å². The number of likely N-dealkylation sites (N-methyl/N-ethyl adjacent to an activating group) is 1. The Kier molecular flexibility index (Phi) is 6.50. The highest BCUT2D eigenvalue weighted by molar-refractivity contribution is 5.77. The third-order valence-corrected chi connectivity index (χ3v) is 4.00. The molecule has 2 rings (SSSR count). The highest BCUT2D eigenvalue weighted by Crippen LogP contribution is 2.12. The third kappa shape index (κ3) is 5.78. The Morgan fingerprint density at radius 1 is 1.12 bits per heavy atom. The summed E-state index contributed by atoms with van der Waals surface area (Å²) >= 11 is 0.